The summed E-state index contributed by atoms with van der Waals surface area (Å²) in [5.41, 5.74) is 4.16. The highest BCUT2D eigenvalue weighted by Crippen LogP contribution is 2.19. The summed E-state index contributed by atoms with van der Waals surface area (Å²) in [7, 11) is 0. The van der Waals surface area contributed by atoms with Crippen LogP contribution in [0.4, 0.5) is 0 Å². The molecule has 1 aromatic carbocycles. The Hall–Kier alpha value is -1.08. The van der Waals surface area contributed by atoms with E-state index in [-0.39, 0.29) is 0 Å². The molecule has 0 spiro atoms. The number of aryl methyl sites for hydroxylation is 1. The van der Waals surface area contributed by atoms with E-state index in [9.17, 15) is 0 Å². The van der Waals surface area contributed by atoms with Gasteiger partial charge >= 0.3 is 0 Å². The predicted octanol–water partition coefficient (Wildman–Crippen LogP) is 3.54. The summed E-state index contributed by atoms with van der Waals surface area (Å²) >= 11 is 0. The zero-order chi connectivity index (χ0) is 11.4. The van der Waals surface area contributed by atoms with Crippen LogP contribution in [-0.4, -0.2) is 12.6 Å². The molecule has 1 heteroatoms. The molecule has 0 aromatic heterocycles. The Morgan fingerprint density at radius 3 is 2.88 bits per heavy atom. The van der Waals surface area contributed by atoms with E-state index in [0.29, 0.717) is 0 Å². The van der Waals surface area contributed by atoms with Crippen LogP contribution in [0.3, 0.4) is 0 Å². The third kappa shape index (κ3) is 3.49. The lowest BCUT2D eigenvalue weighted by Gasteiger charge is -2.06. The van der Waals surface area contributed by atoms with Crippen LogP contribution >= 0.6 is 0 Å². The smallest absolute Gasteiger partial charge is 0.0170 e. The number of benzene rings is 1. The van der Waals surface area contributed by atoms with Gasteiger partial charge in [-0.2, -0.15) is 0 Å². The summed E-state index contributed by atoms with van der Waals surface area (Å²) in [6, 6.07) is 9.49. The molecule has 1 saturated carbocycles. The van der Waals surface area contributed by atoms with E-state index in [4.69, 9.17) is 0 Å². The van der Waals surface area contributed by atoms with Crippen LogP contribution in [0.25, 0.3) is 6.08 Å². The zero-order valence-electron chi connectivity index (χ0n) is 10.3. The van der Waals surface area contributed by atoms with Crippen molar-refractivity contribution in [3.8, 4) is 0 Å². The molecule has 0 bridgehead atoms. The molecular weight excluding hydrogens is 194 g/mol. The van der Waals surface area contributed by atoms with Gasteiger partial charge in [-0.15, -0.1) is 0 Å². The number of nitrogens with one attached hydrogen (secondary N) is 1. The lowest BCUT2D eigenvalue weighted by Crippen LogP contribution is -2.18. The molecule has 0 amide bonds. The summed E-state index contributed by atoms with van der Waals surface area (Å²) in [6.07, 6.45) is 6.18. The van der Waals surface area contributed by atoms with Crippen molar-refractivity contribution in [2.75, 3.05) is 6.54 Å². The summed E-state index contributed by atoms with van der Waals surface area (Å²) in [5.74, 6) is 0. The summed E-state index contributed by atoms with van der Waals surface area (Å²) in [4.78, 5) is 0. The Labute approximate surface area is 98.6 Å². The number of hydrogen-bond acceptors (Lipinski definition) is 1. The number of rotatable bonds is 5. The van der Waals surface area contributed by atoms with E-state index in [1.807, 2.05) is 0 Å². The minimum atomic E-state index is 0.799. The molecular formula is C15H21N. The fourth-order valence-electron chi connectivity index (χ4n) is 1.84. The summed E-state index contributed by atoms with van der Waals surface area (Å²) < 4.78 is 0. The molecule has 1 aromatic rings. The minimum absolute atomic E-state index is 0.799. The van der Waals surface area contributed by atoms with E-state index in [1.54, 1.807) is 0 Å². The second kappa shape index (κ2) is 5.31. The fraction of sp³-hybridized carbons (Fsp3) is 0.467. The van der Waals surface area contributed by atoms with Crippen LogP contribution in [0.1, 0.15) is 37.3 Å². The molecule has 0 atom stereocenters. The molecule has 1 N–H and O–H groups in total. The third-order valence-corrected chi connectivity index (χ3v) is 3.06. The van der Waals surface area contributed by atoms with E-state index in [0.717, 1.165) is 19.0 Å². The van der Waals surface area contributed by atoms with Crippen molar-refractivity contribution in [1.29, 1.82) is 0 Å². The molecule has 1 aliphatic carbocycles. The topological polar surface area (TPSA) is 12.0 Å². The van der Waals surface area contributed by atoms with Crippen LogP contribution in [-0.2, 0) is 0 Å². The van der Waals surface area contributed by atoms with Gasteiger partial charge in [0.05, 0.1) is 0 Å². The molecule has 2 rings (SSSR count). The van der Waals surface area contributed by atoms with Crippen LogP contribution in [0.15, 0.2) is 29.8 Å². The van der Waals surface area contributed by atoms with Crippen molar-refractivity contribution >= 4 is 6.08 Å². The Balaban J connectivity index is 2.00. The summed E-state index contributed by atoms with van der Waals surface area (Å²) in [6.45, 7) is 5.43. The molecule has 0 aliphatic heterocycles. The average Bonchev–Trinajstić information content (AvgIpc) is 3.08. The van der Waals surface area contributed by atoms with E-state index in [1.165, 1.54) is 29.5 Å². The van der Waals surface area contributed by atoms with Crippen molar-refractivity contribution in [1.82, 2.24) is 5.32 Å². The van der Waals surface area contributed by atoms with Crippen molar-refractivity contribution in [3.05, 3.63) is 41.0 Å². The average molecular weight is 215 g/mol. The van der Waals surface area contributed by atoms with Crippen LogP contribution in [0.5, 0.6) is 0 Å². The first-order valence-electron chi connectivity index (χ1n) is 6.27. The number of hydrogen-bond donors (Lipinski definition) is 1. The van der Waals surface area contributed by atoms with E-state index >= 15 is 0 Å². The standard InChI is InChI=1S/C15H21N/c1-3-13(11-16-15-7-8-15)10-14-6-4-5-12(2)9-14/h4-6,9-10,15-16H,3,7-8,11H2,1-2H3. The first-order valence-corrected chi connectivity index (χ1v) is 6.27. The lowest BCUT2D eigenvalue weighted by atomic mass is 10.1. The van der Waals surface area contributed by atoms with Crippen LogP contribution in [0, 0.1) is 6.92 Å². The normalized spacial score (nSPS) is 16.5. The first kappa shape index (κ1) is 11.4. The van der Waals surface area contributed by atoms with Crippen LogP contribution < -0.4 is 5.32 Å². The minimum Gasteiger partial charge on any atom is -0.310 e. The maximum absolute atomic E-state index is 3.57. The van der Waals surface area contributed by atoms with Gasteiger partial charge < -0.3 is 5.32 Å². The van der Waals surface area contributed by atoms with Gasteiger partial charge in [-0.1, -0.05) is 48.4 Å². The third-order valence-electron chi connectivity index (χ3n) is 3.06. The highest BCUT2D eigenvalue weighted by Gasteiger charge is 2.19. The second-order valence-electron chi connectivity index (χ2n) is 4.73. The molecule has 0 saturated heterocycles. The monoisotopic (exact) mass is 215 g/mol. The van der Waals surface area contributed by atoms with Gasteiger partial charge in [-0.05, 0) is 31.7 Å². The van der Waals surface area contributed by atoms with Crippen molar-refractivity contribution in [2.45, 2.75) is 39.2 Å². The Morgan fingerprint density at radius 2 is 2.25 bits per heavy atom. The molecule has 16 heavy (non-hydrogen) atoms. The van der Waals surface area contributed by atoms with Crippen molar-refractivity contribution in [3.63, 3.8) is 0 Å². The van der Waals surface area contributed by atoms with Crippen molar-refractivity contribution < 1.29 is 0 Å². The maximum atomic E-state index is 3.57. The Morgan fingerprint density at radius 1 is 1.44 bits per heavy atom. The molecule has 1 fully saturated rings. The van der Waals surface area contributed by atoms with Gasteiger partial charge in [0.1, 0.15) is 0 Å². The quantitative estimate of drug-likeness (QED) is 0.792. The molecule has 1 aliphatic rings. The molecule has 0 radical (unpaired) electrons. The Bertz CT molecular complexity index is 375. The fourth-order valence-corrected chi connectivity index (χ4v) is 1.84. The predicted molar refractivity (Wildman–Crippen MR) is 70.5 cm³/mol. The lowest BCUT2D eigenvalue weighted by molar-refractivity contribution is 0.723. The second-order valence-corrected chi connectivity index (χ2v) is 4.73. The molecule has 0 heterocycles. The van der Waals surface area contributed by atoms with Gasteiger partial charge in [-0.3, -0.25) is 0 Å². The SMILES string of the molecule is CCC(=Cc1cccc(C)c1)CNC1CC1. The first-order chi connectivity index (χ1) is 7.78. The van der Waals surface area contributed by atoms with E-state index in [2.05, 4.69) is 49.5 Å². The van der Waals surface area contributed by atoms with Gasteiger partial charge in [-0.25, -0.2) is 0 Å². The maximum Gasteiger partial charge on any atom is 0.0170 e. The van der Waals surface area contributed by atoms with Gasteiger partial charge in [0.15, 0.2) is 0 Å². The zero-order valence-corrected chi connectivity index (χ0v) is 10.3. The summed E-state index contributed by atoms with van der Waals surface area (Å²) in [5, 5.41) is 3.57. The Kier molecular flexibility index (Phi) is 3.79. The molecule has 0 unspecified atom stereocenters. The largest absolute Gasteiger partial charge is 0.310 e. The van der Waals surface area contributed by atoms with Gasteiger partial charge in [0.2, 0.25) is 0 Å². The highest BCUT2D eigenvalue weighted by atomic mass is 14.9. The van der Waals surface area contributed by atoms with Gasteiger partial charge in [0.25, 0.3) is 0 Å². The molecule has 1 nitrogen and oxygen atoms in total. The van der Waals surface area contributed by atoms with Crippen LogP contribution in [0.2, 0.25) is 0 Å². The van der Waals surface area contributed by atoms with Gasteiger partial charge in [0, 0.05) is 12.6 Å². The molecule has 86 valence electrons. The van der Waals surface area contributed by atoms with E-state index < -0.39 is 0 Å². The van der Waals surface area contributed by atoms with Crippen molar-refractivity contribution in [2.24, 2.45) is 0 Å². The highest BCUT2D eigenvalue weighted by molar-refractivity contribution is 5.54.